The Hall–Kier alpha value is -0.860. The van der Waals surface area contributed by atoms with Crippen molar-refractivity contribution in [1.29, 1.82) is 0 Å². The molecule has 0 amide bonds. The molecule has 2 heteroatoms. The van der Waals surface area contributed by atoms with Crippen molar-refractivity contribution in [2.75, 3.05) is 20.1 Å². The van der Waals surface area contributed by atoms with E-state index in [0.29, 0.717) is 0 Å². The molecule has 0 aromatic heterocycles. The topological polar surface area (TPSA) is 15.3 Å². The van der Waals surface area contributed by atoms with E-state index in [4.69, 9.17) is 0 Å². The van der Waals surface area contributed by atoms with Gasteiger partial charge in [-0.1, -0.05) is 51.5 Å². The van der Waals surface area contributed by atoms with Crippen LogP contribution in [0.5, 0.6) is 0 Å². The highest BCUT2D eigenvalue weighted by atomic mass is 15.1. The summed E-state index contributed by atoms with van der Waals surface area (Å²) in [6, 6.07) is 9.01. The van der Waals surface area contributed by atoms with Crippen molar-refractivity contribution in [3.05, 3.63) is 35.4 Å². The Morgan fingerprint density at radius 1 is 1.11 bits per heavy atom. The molecular formula is C17H30N2. The summed E-state index contributed by atoms with van der Waals surface area (Å²) < 4.78 is 0. The lowest BCUT2D eigenvalue weighted by Crippen LogP contribution is -2.23. The maximum absolute atomic E-state index is 3.43. The van der Waals surface area contributed by atoms with E-state index in [1.54, 1.807) is 0 Å². The van der Waals surface area contributed by atoms with Crippen LogP contribution in [0.15, 0.2) is 24.3 Å². The van der Waals surface area contributed by atoms with Crippen LogP contribution in [-0.2, 0) is 13.1 Å². The second-order valence-electron chi connectivity index (χ2n) is 5.70. The maximum atomic E-state index is 3.43. The van der Waals surface area contributed by atoms with Gasteiger partial charge in [-0.25, -0.2) is 0 Å². The number of nitrogens with one attached hydrogen (secondary N) is 1. The highest BCUT2D eigenvalue weighted by Gasteiger charge is 2.05. The van der Waals surface area contributed by atoms with Crippen LogP contribution in [0.1, 0.15) is 44.7 Å². The minimum absolute atomic E-state index is 0.780. The molecule has 0 heterocycles. The van der Waals surface area contributed by atoms with Crippen molar-refractivity contribution in [1.82, 2.24) is 10.2 Å². The Kier molecular flexibility index (Phi) is 7.76. The molecular weight excluding hydrogens is 232 g/mol. The van der Waals surface area contributed by atoms with E-state index in [0.717, 1.165) is 25.6 Å². The predicted molar refractivity (Wildman–Crippen MR) is 84.2 cm³/mol. The van der Waals surface area contributed by atoms with Gasteiger partial charge in [0.15, 0.2) is 0 Å². The molecule has 0 fully saturated rings. The summed E-state index contributed by atoms with van der Waals surface area (Å²) in [5.74, 6) is 0.780. The molecule has 0 aliphatic rings. The lowest BCUT2D eigenvalue weighted by atomic mass is 10.1. The molecule has 0 saturated carbocycles. The van der Waals surface area contributed by atoms with Gasteiger partial charge in [0, 0.05) is 19.6 Å². The van der Waals surface area contributed by atoms with Crippen molar-refractivity contribution in [3.8, 4) is 0 Å². The third-order valence-corrected chi connectivity index (χ3v) is 3.55. The van der Waals surface area contributed by atoms with Crippen LogP contribution in [0.2, 0.25) is 0 Å². The van der Waals surface area contributed by atoms with E-state index in [-0.39, 0.29) is 0 Å². The van der Waals surface area contributed by atoms with Crippen molar-refractivity contribution in [3.63, 3.8) is 0 Å². The highest BCUT2D eigenvalue weighted by Crippen LogP contribution is 2.09. The Bertz CT molecular complexity index is 332. The molecule has 19 heavy (non-hydrogen) atoms. The third-order valence-electron chi connectivity index (χ3n) is 3.55. The molecule has 2 nitrogen and oxygen atoms in total. The lowest BCUT2D eigenvalue weighted by Gasteiger charge is -2.20. The quantitative estimate of drug-likeness (QED) is 0.683. The monoisotopic (exact) mass is 262 g/mol. The SMILES string of the molecule is CCCNCc1ccc(CN(C)CC(C)CC)cc1. The smallest absolute Gasteiger partial charge is 0.0230 e. The second-order valence-corrected chi connectivity index (χ2v) is 5.70. The first-order valence-corrected chi connectivity index (χ1v) is 7.62. The van der Waals surface area contributed by atoms with Gasteiger partial charge in [-0.2, -0.15) is 0 Å². The van der Waals surface area contributed by atoms with E-state index in [1.165, 1.54) is 30.5 Å². The summed E-state index contributed by atoms with van der Waals surface area (Å²) in [7, 11) is 2.21. The minimum atomic E-state index is 0.780. The molecule has 0 radical (unpaired) electrons. The minimum Gasteiger partial charge on any atom is -0.313 e. The first kappa shape index (κ1) is 16.2. The molecule has 0 spiro atoms. The number of nitrogens with zero attached hydrogens (tertiary/aromatic N) is 1. The molecule has 1 aromatic carbocycles. The molecule has 0 aliphatic carbocycles. The van der Waals surface area contributed by atoms with E-state index in [2.05, 4.69) is 62.3 Å². The first-order chi connectivity index (χ1) is 9.15. The van der Waals surface area contributed by atoms with Crippen LogP contribution >= 0.6 is 0 Å². The summed E-state index contributed by atoms with van der Waals surface area (Å²) in [6.45, 7) is 11.1. The van der Waals surface area contributed by atoms with Gasteiger partial charge in [-0.05, 0) is 37.1 Å². The number of hydrogen-bond donors (Lipinski definition) is 1. The molecule has 1 atom stereocenters. The number of benzene rings is 1. The van der Waals surface area contributed by atoms with E-state index in [1.807, 2.05) is 0 Å². The molecule has 0 aliphatic heterocycles. The van der Waals surface area contributed by atoms with Crippen LogP contribution in [0.25, 0.3) is 0 Å². The molecule has 108 valence electrons. The average Bonchev–Trinajstić information content (AvgIpc) is 2.40. The number of rotatable bonds is 9. The van der Waals surface area contributed by atoms with Crippen molar-refractivity contribution < 1.29 is 0 Å². The predicted octanol–water partition coefficient (Wildman–Crippen LogP) is 3.66. The van der Waals surface area contributed by atoms with Gasteiger partial charge in [0.25, 0.3) is 0 Å². The standard InChI is InChI=1S/C17H30N2/c1-5-11-18-12-16-7-9-17(10-8-16)14-19(4)13-15(3)6-2/h7-10,15,18H,5-6,11-14H2,1-4H3. The van der Waals surface area contributed by atoms with Crippen LogP contribution < -0.4 is 5.32 Å². The summed E-state index contributed by atoms with van der Waals surface area (Å²) in [6.07, 6.45) is 2.45. The summed E-state index contributed by atoms with van der Waals surface area (Å²) >= 11 is 0. The Morgan fingerprint density at radius 3 is 2.32 bits per heavy atom. The van der Waals surface area contributed by atoms with Crippen molar-refractivity contribution >= 4 is 0 Å². The largest absolute Gasteiger partial charge is 0.313 e. The zero-order valence-corrected chi connectivity index (χ0v) is 13.1. The fourth-order valence-corrected chi connectivity index (χ4v) is 2.21. The maximum Gasteiger partial charge on any atom is 0.0230 e. The molecule has 1 N–H and O–H groups in total. The fraction of sp³-hybridized carbons (Fsp3) is 0.647. The summed E-state index contributed by atoms with van der Waals surface area (Å²) in [5.41, 5.74) is 2.78. The zero-order chi connectivity index (χ0) is 14.1. The van der Waals surface area contributed by atoms with Crippen molar-refractivity contribution in [2.45, 2.75) is 46.7 Å². The molecule has 0 bridgehead atoms. The van der Waals surface area contributed by atoms with Crippen LogP contribution in [0.4, 0.5) is 0 Å². The van der Waals surface area contributed by atoms with Crippen LogP contribution in [-0.4, -0.2) is 25.0 Å². The molecule has 1 unspecified atom stereocenters. The van der Waals surface area contributed by atoms with E-state index >= 15 is 0 Å². The molecule has 0 saturated heterocycles. The van der Waals surface area contributed by atoms with E-state index in [9.17, 15) is 0 Å². The highest BCUT2D eigenvalue weighted by molar-refractivity contribution is 5.22. The van der Waals surface area contributed by atoms with Gasteiger partial charge in [0.05, 0.1) is 0 Å². The lowest BCUT2D eigenvalue weighted by molar-refractivity contribution is 0.275. The molecule has 1 rings (SSSR count). The van der Waals surface area contributed by atoms with Gasteiger partial charge in [-0.15, -0.1) is 0 Å². The van der Waals surface area contributed by atoms with Crippen LogP contribution in [0.3, 0.4) is 0 Å². The van der Waals surface area contributed by atoms with Gasteiger partial charge >= 0.3 is 0 Å². The average molecular weight is 262 g/mol. The Labute approximate surface area is 119 Å². The molecule has 1 aromatic rings. The van der Waals surface area contributed by atoms with Crippen LogP contribution in [0, 0.1) is 5.92 Å². The first-order valence-electron chi connectivity index (χ1n) is 7.62. The summed E-state index contributed by atoms with van der Waals surface area (Å²) in [4.78, 5) is 2.42. The number of hydrogen-bond acceptors (Lipinski definition) is 2. The second kappa shape index (κ2) is 9.11. The Balaban J connectivity index is 2.38. The van der Waals surface area contributed by atoms with Gasteiger partial charge in [-0.3, -0.25) is 0 Å². The van der Waals surface area contributed by atoms with E-state index < -0.39 is 0 Å². The normalized spacial score (nSPS) is 12.9. The van der Waals surface area contributed by atoms with Gasteiger partial charge in [0.1, 0.15) is 0 Å². The van der Waals surface area contributed by atoms with Gasteiger partial charge < -0.3 is 10.2 Å². The summed E-state index contributed by atoms with van der Waals surface area (Å²) in [5, 5.41) is 3.43. The fourth-order valence-electron chi connectivity index (χ4n) is 2.21. The van der Waals surface area contributed by atoms with Crippen molar-refractivity contribution in [2.24, 2.45) is 5.92 Å². The third kappa shape index (κ3) is 6.74. The Morgan fingerprint density at radius 2 is 1.74 bits per heavy atom. The van der Waals surface area contributed by atoms with Gasteiger partial charge in [0.2, 0.25) is 0 Å². The zero-order valence-electron chi connectivity index (χ0n) is 13.1.